The van der Waals surface area contributed by atoms with Gasteiger partial charge in [0.1, 0.15) is 5.75 Å². The van der Waals surface area contributed by atoms with Crippen LogP contribution in [0, 0.1) is 0 Å². The molecular formula is C13H18O. The molecule has 1 aliphatic rings. The molecule has 0 aromatic heterocycles. The number of hydrogen-bond donors (Lipinski definition) is 0. The maximum Gasteiger partial charge on any atom is 0.122 e. The molecule has 1 aromatic carbocycles. The van der Waals surface area contributed by atoms with Crippen molar-refractivity contribution in [1.82, 2.24) is 0 Å². The zero-order valence-corrected chi connectivity index (χ0v) is 9.05. The first-order valence-electron chi connectivity index (χ1n) is 5.52. The van der Waals surface area contributed by atoms with Crippen LogP contribution in [0.1, 0.15) is 43.2 Å². The van der Waals surface area contributed by atoms with E-state index in [-0.39, 0.29) is 0 Å². The van der Waals surface area contributed by atoms with Gasteiger partial charge in [-0.2, -0.15) is 0 Å². The van der Waals surface area contributed by atoms with Crippen molar-refractivity contribution in [3.05, 3.63) is 29.3 Å². The number of rotatable bonds is 2. The van der Waals surface area contributed by atoms with Gasteiger partial charge in [-0.05, 0) is 43.2 Å². The molecule has 0 N–H and O–H groups in total. The van der Waals surface area contributed by atoms with Crippen LogP contribution in [0.3, 0.4) is 0 Å². The average Bonchev–Trinajstić information content (AvgIpc) is 2.27. The van der Waals surface area contributed by atoms with Crippen LogP contribution in [0.4, 0.5) is 0 Å². The molecule has 1 unspecified atom stereocenters. The van der Waals surface area contributed by atoms with Crippen molar-refractivity contribution in [3.8, 4) is 5.75 Å². The molecular weight excluding hydrogens is 172 g/mol. The van der Waals surface area contributed by atoms with Gasteiger partial charge in [-0.1, -0.05) is 19.1 Å². The van der Waals surface area contributed by atoms with Crippen molar-refractivity contribution in [2.75, 3.05) is 7.11 Å². The third-order valence-corrected chi connectivity index (χ3v) is 3.28. The number of aryl methyl sites for hydroxylation is 1. The Labute approximate surface area is 86.1 Å². The summed E-state index contributed by atoms with van der Waals surface area (Å²) in [5.74, 6) is 1.81. The summed E-state index contributed by atoms with van der Waals surface area (Å²) in [4.78, 5) is 0. The van der Waals surface area contributed by atoms with Crippen molar-refractivity contribution in [1.29, 1.82) is 0 Å². The Kier molecular flexibility index (Phi) is 2.76. The van der Waals surface area contributed by atoms with E-state index in [4.69, 9.17) is 4.74 Å². The SMILES string of the molecule is CCC1CCCc2cccc(OC)c21. The van der Waals surface area contributed by atoms with Crippen molar-refractivity contribution < 1.29 is 4.74 Å². The summed E-state index contributed by atoms with van der Waals surface area (Å²) in [6, 6.07) is 6.45. The van der Waals surface area contributed by atoms with E-state index in [0.717, 1.165) is 11.7 Å². The summed E-state index contributed by atoms with van der Waals surface area (Å²) in [6.45, 7) is 2.27. The van der Waals surface area contributed by atoms with Crippen molar-refractivity contribution in [2.45, 2.75) is 38.5 Å². The molecule has 0 radical (unpaired) electrons. The quantitative estimate of drug-likeness (QED) is 0.693. The Morgan fingerprint density at radius 3 is 3.00 bits per heavy atom. The first-order valence-corrected chi connectivity index (χ1v) is 5.52. The van der Waals surface area contributed by atoms with E-state index in [0.29, 0.717) is 0 Å². The Hall–Kier alpha value is -0.980. The smallest absolute Gasteiger partial charge is 0.122 e. The van der Waals surface area contributed by atoms with Crippen LogP contribution in [0.15, 0.2) is 18.2 Å². The summed E-state index contributed by atoms with van der Waals surface area (Å²) in [7, 11) is 1.77. The van der Waals surface area contributed by atoms with Gasteiger partial charge >= 0.3 is 0 Å². The first kappa shape index (κ1) is 9.57. The van der Waals surface area contributed by atoms with Crippen LogP contribution < -0.4 is 4.74 Å². The summed E-state index contributed by atoms with van der Waals surface area (Å²) < 4.78 is 5.44. The Morgan fingerprint density at radius 1 is 1.43 bits per heavy atom. The van der Waals surface area contributed by atoms with E-state index >= 15 is 0 Å². The van der Waals surface area contributed by atoms with Gasteiger partial charge in [0.25, 0.3) is 0 Å². The molecule has 0 amide bonds. The van der Waals surface area contributed by atoms with Crippen LogP contribution in [0.2, 0.25) is 0 Å². The van der Waals surface area contributed by atoms with Crippen LogP contribution in [0.25, 0.3) is 0 Å². The van der Waals surface area contributed by atoms with E-state index in [1.807, 2.05) is 0 Å². The van der Waals surface area contributed by atoms with Gasteiger partial charge in [0.05, 0.1) is 7.11 Å². The molecule has 0 aliphatic heterocycles. The lowest BCUT2D eigenvalue weighted by Crippen LogP contribution is -2.10. The van der Waals surface area contributed by atoms with Gasteiger partial charge in [0, 0.05) is 5.56 Å². The summed E-state index contributed by atoms with van der Waals surface area (Å²) in [5.41, 5.74) is 2.98. The van der Waals surface area contributed by atoms with Crippen LogP contribution in [-0.2, 0) is 6.42 Å². The molecule has 2 rings (SSSR count). The highest BCUT2D eigenvalue weighted by molar-refractivity contribution is 5.44. The minimum Gasteiger partial charge on any atom is -0.496 e. The molecule has 0 bridgehead atoms. The number of methoxy groups -OCH3 is 1. The maximum atomic E-state index is 5.44. The van der Waals surface area contributed by atoms with Gasteiger partial charge in [-0.3, -0.25) is 0 Å². The molecule has 0 fully saturated rings. The number of fused-ring (bicyclic) bond motifs is 1. The summed E-state index contributed by atoms with van der Waals surface area (Å²) in [5, 5.41) is 0. The van der Waals surface area contributed by atoms with Crippen LogP contribution in [0.5, 0.6) is 5.75 Å². The second-order valence-corrected chi connectivity index (χ2v) is 4.03. The summed E-state index contributed by atoms with van der Waals surface area (Å²) >= 11 is 0. The molecule has 0 spiro atoms. The van der Waals surface area contributed by atoms with Crippen LogP contribution in [-0.4, -0.2) is 7.11 Å². The van der Waals surface area contributed by atoms with E-state index < -0.39 is 0 Å². The zero-order valence-electron chi connectivity index (χ0n) is 9.05. The standard InChI is InChI=1S/C13H18O/c1-3-10-6-4-7-11-8-5-9-12(14-2)13(10)11/h5,8-10H,3-4,6-7H2,1-2H3. The predicted molar refractivity (Wildman–Crippen MR) is 59.0 cm³/mol. The largest absolute Gasteiger partial charge is 0.496 e. The fourth-order valence-corrected chi connectivity index (χ4v) is 2.54. The fraction of sp³-hybridized carbons (Fsp3) is 0.538. The highest BCUT2D eigenvalue weighted by Gasteiger charge is 2.21. The molecule has 0 saturated heterocycles. The normalized spacial score (nSPS) is 20.3. The third kappa shape index (κ3) is 1.52. The topological polar surface area (TPSA) is 9.23 Å². The Morgan fingerprint density at radius 2 is 2.29 bits per heavy atom. The second kappa shape index (κ2) is 4.04. The molecule has 0 heterocycles. The number of benzene rings is 1. The molecule has 1 nitrogen and oxygen atoms in total. The van der Waals surface area contributed by atoms with Crippen molar-refractivity contribution >= 4 is 0 Å². The third-order valence-electron chi connectivity index (χ3n) is 3.28. The van der Waals surface area contributed by atoms with Gasteiger partial charge in [0.2, 0.25) is 0 Å². The zero-order chi connectivity index (χ0) is 9.97. The van der Waals surface area contributed by atoms with Gasteiger partial charge in [-0.15, -0.1) is 0 Å². The minimum absolute atomic E-state index is 0.717. The fourth-order valence-electron chi connectivity index (χ4n) is 2.54. The van der Waals surface area contributed by atoms with Gasteiger partial charge < -0.3 is 4.74 Å². The second-order valence-electron chi connectivity index (χ2n) is 4.03. The Bertz CT molecular complexity index is 303. The first-order chi connectivity index (χ1) is 6.86. The minimum atomic E-state index is 0.717. The maximum absolute atomic E-state index is 5.44. The van der Waals surface area contributed by atoms with E-state index in [1.165, 1.54) is 36.8 Å². The van der Waals surface area contributed by atoms with Crippen molar-refractivity contribution in [2.24, 2.45) is 0 Å². The predicted octanol–water partition coefficient (Wildman–Crippen LogP) is 3.53. The molecule has 14 heavy (non-hydrogen) atoms. The monoisotopic (exact) mass is 190 g/mol. The van der Waals surface area contributed by atoms with E-state index in [1.54, 1.807) is 7.11 Å². The molecule has 1 atom stereocenters. The van der Waals surface area contributed by atoms with E-state index in [9.17, 15) is 0 Å². The molecule has 1 heteroatoms. The number of hydrogen-bond acceptors (Lipinski definition) is 1. The molecule has 76 valence electrons. The molecule has 1 aliphatic carbocycles. The lowest BCUT2D eigenvalue weighted by molar-refractivity contribution is 0.396. The summed E-state index contributed by atoms with van der Waals surface area (Å²) in [6.07, 6.45) is 5.11. The highest BCUT2D eigenvalue weighted by Crippen LogP contribution is 2.39. The van der Waals surface area contributed by atoms with Crippen molar-refractivity contribution in [3.63, 3.8) is 0 Å². The van der Waals surface area contributed by atoms with Gasteiger partial charge in [-0.25, -0.2) is 0 Å². The number of ether oxygens (including phenoxy) is 1. The van der Waals surface area contributed by atoms with Crippen LogP contribution >= 0.6 is 0 Å². The lowest BCUT2D eigenvalue weighted by Gasteiger charge is -2.26. The lowest BCUT2D eigenvalue weighted by atomic mass is 9.81. The van der Waals surface area contributed by atoms with Gasteiger partial charge in [0.15, 0.2) is 0 Å². The average molecular weight is 190 g/mol. The highest BCUT2D eigenvalue weighted by atomic mass is 16.5. The molecule has 0 saturated carbocycles. The van der Waals surface area contributed by atoms with E-state index in [2.05, 4.69) is 25.1 Å². The Balaban J connectivity index is 2.46. The molecule has 1 aromatic rings.